The van der Waals surface area contributed by atoms with E-state index in [1.165, 1.54) is 0 Å². The van der Waals surface area contributed by atoms with Crippen LogP contribution in [-0.4, -0.2) is 21.9 Å². The lowest BCUT2D eigenvalue weighted by molar-refractivity contribution is -0.113. The molecule has 1 rings (SSSR count). The summed E-state index contributed by atoms with van der Waals surface area (Å²) >= 11 is 4.61. The Morgan fingerprint density at radius 3 is 2.38 bits per heavy atom. The third kappa shape index (κ3) is 0.928. The molecule has 0 aromatic rings. The van der Waals surface area contributed by atoms with Crippen molar-refractivity contribution in [1.29, 1.82) is 0 Å². The van der Waals surface area contributed by atoms with Crippen LogP contribution in [0.1, 0.15) is 12.8 Å². The lowest BCUT2D eigenvalue weighted by atomic mass is 10.3. The molecule has 1 aliphatic carbocycles. The molecular weight excluding hydrogens is 124 g/mol. The second-order valence-electron chi connectivity index (χ2n) is 1.91. The summed E-state index contributed by atoms with van der Waals surface area (Å²) in [7, 11) is 0. The van der Waals surface area contributed by atoms with Crippen LogP contribution >= 0.6 is 12.2 Å². The van der Waals surface area contributed by atoms with E-state index in [2.05, 4.69) is 12.2 Å². The molecule has 0 aromatic heterocycles. The van der Waals surface area contributed by atoms with Crippen molar-refractivity contribution in [2.75, 3.05) is 0 Å². The smallest absolute Gasteiger partial charge is 0.172 e. The molecule has 1 saturated carbocycles. The molecule has 1 unspecified atom stereocenters. The third-order valence-electron chi connectivity index (χ3n) is 1.15. The van der Waals surface area contributed by atoms with Gasteiger partial charge in [0.2, 0.25) is 0 Å². The molecule has 0 spiro atoms. The number of Topliss-reactive ketones (excluding diaryl/α,β-unsaturated/α-hetero) is 1. The first-order chi connectivity index (χ1) is 3.70. The fourth-order valence-electron chi connectivity index (χ4n) is 0.728. The van der Waals surface area contributed by atoms with Gasteiger partial charge in [-0.3, -0.25) is 4.79 Å². The van der Waals surface area contributed by atoms with E-state index >= 15 is 0 Å². The quantitative estimate of drug-likeness (QED) is 0.472. The highest BCUT2D eigenvalue weighted by atomic mass is 32.1. The van der Waals surface area contributed by atoms with E-state index in [-0.39, 0.29) is 12.2 Å². The van der Waals surface area contributed by atoms with E-state index in [0.717, 1.165) is 0 Å². The predicted octanol–water partition coefficient (Wildman–Crippen LogP) is 0.0801. The van der Waals surface area contributed by atoms with Crippen molar-refractivity contribution < 1.29 is 9.90 Å². The van der Waals surface area contributed by atoms with Crippen molar-refractivity contribution in [3.63, 3.8) is 0 Å². The minimum Gasteiger partial charge on any atom is -0.392 e. The number of hydrogen-bond donors (Lipinski definition) is 1. The number of rotatable bonds is 0. The summed E-state index contributed by atoms with van der Waals surface area (Å²) in [5.41, 5.74) is 0. The van der Waals surface area contributed by atoms with Gasteiger partial charge in [-0.25, -0.2) is 0 Å². The lowest BCUT2D eigenvalue weighted by Crippen LogP contribution is -1.98. The summed E-state index contributed by atoms with van der Waals surface area (Å²) in [4.78, 5) is 10.9. The molecular formula is C5H6O2S. The molecule has 1 N–H and O–H groups in total. The number of carbonyl (C=O) groups is 1. The van der Waals surface area contributed by atoms with Crippen molar-refractivity contribution in [3.05, 3.63) is 0 Å². The summed E-state index contributed by atoms with van der Waals surface area (Å²) in [6, 6.07) is 0. The van der Waals surface area contributed by atoms with Gasteiger partial charge in [0.1, 0.15) is 0 Å². The van der Waals surface area contributed by atoms with Crippen LogP contribution in [-0.2, 0) is 4.79 Å². The predicted molar refractivity (Wildman–Crippen MR) is 32.8 cm³/mol. The average molecular weight is 130 g/mol. The molecule has 0 amide bonds. The summed E-state index contributed by atoms with van der Waals surface area (Å²) < 4.78 is 0. The molecule has 1 atom stereocenters. The molecule has 0 aliphatic heterocycles. The lowest BCUT2D eigenvalue weighted by Gasteiger charge is -1.89. The van der Waals surface area contributed by atoms with Crippen molar-refractivity contribution in [2.45, 2.75) is 18.9 Å². The summed E-state index contributed by atoms with van der Waals surface area (Å²) in [5, 5.41) is 8.76. The molecule has 8 heavy (non-hydrogen) atoms. The van der Waals surface area contributed by atoms with Crippen LogP contribution in [0.4, 0.5) is 0 Å². The standard InChI is InChI=1S/C5H6O2S/c6-3-1-4(7)5(8)2-3/h3,6H,1-2H2. The highest BCUT2D eigenvalue weighted by molar-refractivity contribution is 7.82. The van der Waals surface area contributed by atoms with E-state index in [0.29, 0.717) is 11.3 Å². The van der Waals surface area contributed by atoms with Crippen LogP contribution in [0.15, 0.2) is 0 Å². The topological polar surface area (TPSA) is 37.3 Å². The summed E-state index contributed by atoms with van der Waals surface area (Å²) in [6.07, 6.45) is 0.141. The Bertz CT molecular complexity index is 125. The Morgan fingerprint density at radius 2 is 2.25 bits per heavy atom. The molecule has 0 heterocycles. The first-order valence-electron chi connectivity index (χ1n) is 2.44. The zero-order valence-corrected chi connectivity index (χ0v) is 5.07. The Balaban J connectivity index is 2.64. The first kappa shape index (κ1) is 5.85. The molecule has 0 radical (unpaired) electrons. The molecule has 2 nitrogen and oxygen atoms in total. The number of aliphatic hydroxyl groups excluding tert-OH is 1. The van der Waals surface area contributed by atoms with E-state index in [9.17, 15) is 4.79 Å². The van der Waals surface area contributed by atoms with Gasteiger partial charge in [0.05, 0.1) is 11.0 Å². The summed E-state index contributed by atoms with van der Waals surface area (Å²) in [6.45, 7) is 0. The SMILES string of the molecule is O=C1CC(O)CC1=S. The van der Waals surface area contributed by atoms with Crippen LogP contribution in [0.5, 0.6) is 0 Å². The number of aliphatic hydroxyl groups is 1. The molecule has 0 saturated heterocycles. The zero-order chi connectivity index (χ0) is 6.15. The van der Waals surface area contributed by atoms with Gasteiger partial charge in [0.15, 0.2) is 5.78 Å². The maximum atomic E-state index is 10.5. The average Bonchev–Trinajstić information content (AvgIpc) is 1.85. The van der Waals surface area contributed by atoms with Gasteiger partial charge in [-0.15, -0.1) is 0 Å². The second kappa shape index (κ2) is 1.91. The molecule has 1 aliphatic rings. The fourth-order valence-corrected chi connectivity index (χ4v) is 1.00. The van der Waals surface area contributed by atoms with Crippen LogP contribution in [0.25, 0.3) is 0 Å². The Hall–Kier alpha value is -0.280. The molecule has 1 fully saturated rings. The van der Waals surface area contributed by atoms with Crippen molar-refractivity contribution in [2.24, 2.45) is 0 Å². The van der Waals surface area contributed by atoms with Gasteiger partial charge in [0, 0.05) is 12.8 Å². The fraction of sp³-hybridized carbons (Fsp3) is 0.600. The molecule has 44 valence electrons. The van der Waals surface area contributed by atoms with Crippen molar-refractivity contribution in [1.82, 2.24) is 0 Å². The number of ketones is 1. The minimum absolute atomic E-state index is 0.0625. The van der Waals surface area contributed by atoms with Crippen molar-refractivity contribution in [3.8, 4) is 0 Å². The second-order valence-corrected chi connectivity index (χ2v) is 2.40. The highest BCUT2D eigenvalue weighted by Crippen LogP contribution is 2.11. The third-order valence-corrected chi connectivity index (χ3v) is 1.55. The van der Waals surface area contributed by atoms with E-state index in [1.807, 2.05) is 0 Å². The van der Waals surface area contributed by atoms with Gasteiger partial charge in [-0.2, -0.15) is 0 Å². The number of carbonyl (C=O) groups excluding carboxylic acids is 1. The van der Waals surface area contributed by atoms with Gasteiger partial charge in [0.25, 0.3) is 0 Å². The zero-order valence-electron chi connectivity index (χ0n) is 4.26. The monoisotopic (exact) mass is 130 g/mol. The Morgan fingerprint density at radius 1 is 1.62 bits per heavy atom. The van der Waals surface area contributed by atoms with Crippen LogP contribution in [0.2, 0.25) is 0 Å². The number of hydrogen-bond acceptors (Lipinski definition) is 3. The molecule has 0 bridgehead atoms. The van der Waals surface area contributed by atoms with E-state index in [4.69, 9.17) is 5.11 Å². The van der Waals surface area contributed by atoms with Crippen molar-refractivity contribution >= 4 is 22.9 Å². The van der Waals surface area contributed by atoms with E-state index in [1.54, 1.807) is 0 Å². The Kier molecular flexibility index (Phi) is 1.40. The van der Waals surface area contributed by atoms with Gasteiger partial charge < -0.3 is 5.11 Å². The van der Waals surface area contributed by atoms with Gasteiger partial charge in [-0.1, -0.05) is 12.2 Å². The largest absolute Gasteiger partial charge is 0.392 e. The summed E-state index contributed by atoms with van der Waals surface area (Å²) in [5.74, 6) is -0.0625. The minimum atomic E-state index is -0.491. The van der Waals surface area contributed by atoms with Gasteiger partial charge in [-0.05, 0) is 0 Å². The molecule has 0 aromatic carbocycles. The first-order valence-corrected chi connectivity index (χ1v) is 2.85. The van der Waals surface area contributed by atoms with Crippen LogP contribution in [0.3, 0.4) is 0 Å². The Labute approximate surface area is 52.5 Å². The van der Waals surface area contributed by atoms with Crippen LogP contribution in [0, 0.1) is 0 Å². The normalized spacial score (nSPS) is 29.4. The number of thiocarbonyl (C=S) groups is 1. The maximum absolute atomic E-state index is 10.5. The molecule has 3 heteroatoms. The maximum Gasteiger partial charge on any atom is 0.172 e. The highest BCUT2D eigenvalue weighted by Gasteiger charge is 2.24. The van der Waals surface area contributed by atoms with Crippen LogP contribution < -0.4 is 0 Å². The van der Waals surface area contributed by atoms with E-state index < -0.39 is 6.10 Å². The van der Waals surface area contributed by atoms with Gasteiger partial charge >= 0.3 is 0 Å².